The predicted molar refractivity (Wildman–Crippen MR) is 97.4 cm³/mol. The molecule has 0 aliphatic rings. The van der Waals surface area contributed by atoms with Gasteiger partial charge in [-0.25, -0.2) is 0 Å². The van der Waals surface area contributed by atoms with Gasteiger partial charge in [0.25, 0.3) is 0 Å². The van der Waals surface area contributed by atoms with E-state index in [0.29, 0.717) is 15.3 Å². The Bertz CT molecular complexity index is 864. The van der Waals surface area contributed by atoms with Gasteiger partial charge in [0.05, 0.1) is 10.9 Å². The van der Waals surface area contributed by atoms with Crippen LogP contribution in [-0.4, -0.2) is 41.6 Å². The molecule has 0 radical (unpaired) electrons. The second kappa shape index (κ2) is 7.89. The van der Waals surface area contributed by atoms with Crippen LogP contribution >= 0.6 is 34.7 Å². The summed E-state index contributed by atoms with van der Waals surface area (Å²) in [7, 11) is 0. The molecule has 1 N–H and O–H groups in total. The number of nitrogens with one attached hydrogen (secondary N) is 1. The van der Waals surface area contributed by atoms with Gasteiger partial charge in [-0.1, -0.05) is 41.6 Å². The minimum atomic E-state index is -0.411. The molecule has 0 unspecified atom stereocenters. The highest BCUT2D eigenvalue weighted by atomic mass is 35.5. The molecule has 0 aliphatic heterocycles. The van der Waals surface area contributed by atoms with Gasteiger partial charge in [0.1, 0.15) is 5.01 Å². The number of aryl methyl sites for hydroxylation is 1. The molecule has 0 fully saturated rings. The molecule has 3 aromatic rings. The van der Waals surface area contributed by atoms with Crippen molar-refractivity contribution in [2.24, 2.45) is 0 Å². The van der Waals surface area contributed by atoms with Gasteiger partial charge < -0.3 is 0 Å². The van der Waals surface area contributed by atoms with Gasteiger partial charge in [0.2, 0.25) is 16.2 Å². The average molecular weight is 396 g/mol. The Hall–Kier alpha value is -2.04. The number of nitrogens with zero attached hydrogens (tertiary/aromatic N) is 6. The summed E-state index contributed by atoms with van der Waals surface area (Å²) in [5.41, 5.74) is 0.765. The molecule has 8 nitrogen and oxygen atoms in total. The maximum absolute atomic E-state index is 12.3. The Labute approximate surface area is 157 Å². The van der Waals surface area contributed by atoms with Crippen molar-refractivity contribution in [3.05, 3.63) is 34.3 Å². The maximum Gasteiger partial charge on any atom is 0.239 e. The van der Waals surface area contributed by atoms with E-state index in [1.807, 2.05) is 6.92 Å². The number of rotatable bonds is 6. The quantitative estimate of drug-likeness (QED) is 0.640. The van der Waals surface area contributed by atoms with E-state index >= 15 is 0 Å². The molecular formula is C14H14ClN7OS2. The number of amides is 1. The average Bonchev–Trinajstić information content (AvgIpc) is 3.25. The van der Waals surface area contributed by atoms with Crippen molar-refractivity contribution in [1.82, 2.24) is 30.4 Å². The van der Waals surface area contributed by atoms with Gasteiger partial charge in [-0.3, -0.25) is 10.1 Å². The van der Waals surface area contributed by atoms with Crippen LogP contribution in [0.2, 0.25) is 5.02 Å². The van der Waals surface area contributed by atoms with Crippen molar-refractivity contribution in [2.75, 3.05) is 5.32 Å². The third kappa shape index (κ3) is 4.33. The Kier molecular flexibility index (Phi) is 5.61. The van der Waals surface area contributed by atoms with Crippen molar-refractivity contribution in [3.63, 3.8) is 0 Å². The van der Waals surface area contributed by atoms with Crippen molar-refractivity contribution in [1.29, 1.82) is 0 Å². The lowest BCUT2D eigenvalue weighted by molar-refractivity contribution is -0.115. The minimum Gasteiger partial charge on any atom is -0.300 e. The zero-order valence-corrected chi connectivity index (χ0v) is 15.8. The van der Waals surface area contributed by atoms with Gasteiger partial charge in [-0.2, -0.15) is 4.68 Å². The molecule has 3 rings (SSSR count). The Morgan fingerprint density at radius 1 is 1.32 bits per heavy atom. The highest BCUT2D eigenvalue weighted by molar-refractivity contribution is 8.00. The summed E-state index contributed by atoms with van der Waals surface area (Å²) in [4.78, 5) is 12.3. The predicted octanol–water partition coefficient (Wildman–Crippen LogP) is 2.85. The van der Waals surface area contributed by atoms with E-state index in [1.54, 1.807) is 35.9 Å². The summed E-state index contributed by atoms with van der Waals surface area (Å²) in [5.74, 6) is -0.186. The van der Waals surface area contributed by atoms with Crippen LogP contribution in [0.3, 0.4) is 0 Å². The zero-order chi connectivity index (χ0) is 17.8. The fraction of sp³-hybridized carbons (Fsp3) is 0.286. The van der Waals surface area contributed by atoms with E-state index in [4.69, 9.17) is 11.6 Å². The van der Waals surface area contributed by atoms with Crippen LogP contribution < -0.4 is 5.32 Å². The van der Waals surface area contributed by atoms with E-state index in [2.05, 4.69) is 31.0 Å². The summed E-state index contributed by atoms with van der Waals surface area (Å²) >= 11 is 8.52. The second-order valence-electron chi connectivity index (χ2n) is 4.95. The van der Waals surface area contributed by atoms with Crippen molar-refractivity contribution >= 4 is 45.7 Å². The molecule has 0 aliphatic carbocycles. The third-order valence-electron chi connectivity index (χ3n) is 3.16. The van der Waals surface area contributed by atoms with E-state index in [9.17, 15) is 4.79 Å². The van der Waals surface area contributed by atoms with Gasteiger partial charge in [-0.05, 0) is 48.0 Å². The topological polar surface area (TPSA) is 98.5 Å². The first-order valence-electron chi connectivity index (χ1n) is 7.41. The molecule has 0 spiro atoms. The van der Waals surface area contributed by atoms with E-state index < -0.39 is 5.25 Å². The van der Waals surface area contributed by atoms with Crippen LogP contribution in [0.5, 0.6) is 0 Å². The molecule has 1 aromatic carbocycles. The van der Waals surface area contributed by atoms with E-state index in [-0.39, 0.29) is 5.91 Å². The van der Waals surface area contributed by atoms with Crippen LogP contribution in [0.15, 0.2) is 29.4 Å². The number of carbonyl (C=O) groups is 1. The number of hydrogen-bond donors (Lipinski definition) is 1. The molecule has 1 amide bonds. The summed E-state index contributed by atoms with van der Waals surface area (Å²) in [5, 5.41) is 24.4. The second-order valence-corrected chi connectivity index (χ2v) is 7.76. The molecule has 0 bridgehead atoms. The number of hydrogen-bond acceptors (Lipinski definition) is 8. The summed E-state index contributed by atoms with van der Waals surface area (Å²) < 4.78 is 1.56. The summed E-state index contributed by atoms with van der Waals surface area (Å²) in [6, 6.07) is 7.12. The van der Waals surface area contributed by atoms with Crippen LogP contribution in [0.1, 0.15) is 18.9 Å². The number of aromatic nitrogens is 6. The zero-order valence-electron chi connectivity index (χ0n) is 13.4. The van der Waals surface area contributed by atoms with Crippen molar-refractivity contribution < 1.29 is 4.79 Å². The van der Waals surface area contributed by atoms with Crippen LogP contribution in [-0.2, 0) is 11.2 Å². The molecule has 130 valence electrons. The van der Waals surface area contributed by atoms with Gasteiger partial charge in [-0.15, -0.1) is 15.3 Å². The highest BCUT2D eigenvalue weighted by Gasteiger charge is 2.20. The van der Waals surface area contributed by atoms with E-state index in [1.165, 1.54) is 23.1 Å². The lowest BCUT2D eigenvalue weighted by Gasteiger charge is -2.10. The van der Waals surface area contributed by atoms with E-state index in [0.717, 1.165) is 17.1 Å². The van der Waals surface area contributed by atoms with Gasteiger partial charge >= 0.3 is 0 Å². The van der Waals surface area contributed by atoms with Crippen molar-refractivity contribution in [3.8, 4) is 5.69 Å². The Morgan fingerprint density at radius 3 is 2.76 bits per heavy atom. The fourth-order valence-electron chi connectivity index (χ4n) is 1.86. The fourth-order valence-corrected chi connectivity index (χ4v) is 3.48. The number of anilines is 1. The molecule has 2 heterocycles. The first-order valence-corrected chi connectivity index (χ1v) is 9.48. The van der Waals surface area contributed by atoms with Crippen LogP contribution in [0.4, 0.5) is 5.13 Å². The highest BCUT2D eigenvalue weighted by Crippen LogP contribution is 2.25. The third-order valence-corrected chi connectivity index (χ3v) is 5.43. The molecule has 0 saturated heterocycles. The number of halogens is 1. The lowest BCUT2D eigenvalue weighted by Crippen LogP contribution is -2.22. The number of tetrazole rings is 1. The Balaban J connectivity index is 1.68. The smallest absolute Gasteiger partial charge is 0.239 e. The number of carbonyl (C=O) groups excluding carboxylic acids is 1. The van der Waals surface area contributed by atoms with Gasteiger partial charge in [0, 0.05) is 5.02 Å². The lowest BCUT2D eigenvalue weighted by atomic mass is 10.3. The molecule has 0 saturated carbocycles. The molecule has 2 aromatic heterocycles. The number of benzene rings is 1. The standard InChI is InChI=1S/C14H14ClN7OS2/c1-3-11-17-18-13(25-11)16-12(23)8(2)24-14-19-20-21-22(14)10-6-4-9(15)5-7-10/h4-8H,3H2,1-2H3,(H,16,18,23)/t8-/m1/s1. The van der Waals surface area contributed by atoms with Crippen molar-refractivity contribution in [2.45, 2.75) is 30.7 Å². The summed E-state index contributed by atoms with van der Waals surface area (Å²) in [6.07, 6.45) is 0.785. The molecule has 1 atom stereocenters. The SMILES string of the molecule is CCc1nnc(NC(=O)[C@@H](C)Sc2nnnn2-c2ccc(Cl)cc2)s1. The normalized spacial score (nSPS) is 12.1. The monoisotopic (exact) mass is 395 g/mol. The first kappa shape index (κ1) is 17.8. The minimum absolute atomic E-state index is 0.186. The molecular weight excluding hydrogens is 382 g/mol. The van der Waals surface area contributed by atoms with Gasteiger partial charge in [0.15, 0.2) is 0 Å². The van der Waals surface area contributed by atoms with Crippen LogP contribution in [0.25, 0.3) is 5.69 Å². The largest absolute Gasteiger partial charge is 0.300 e. The molecule has 11 heteroatoms. The first-order chi connectivity index (χ1) is 12.1. The maximum atomic E-state index is 12.3. The number of thioether (sulfide) groups is 1. The van der Waals surface area contributed by atoms with Crippen LogP contribution in [0, 0.1) is 0 Å². The Morgan fingerprint density at radius 2 is 2.08 bits per heavy atom. The summed E-state index contributed by atoms with van der Waals surface area (Å²) in [6.45, 7) is 3.77. The molecule has 25 heavy (non-hydrogen) atoms.